The van der Waals surface area contributed by atoms with Gasteiger partial charge >= 0.3 is 0 Å². The van der Waals surface area contributed by atoms with Gasteiger partial charge in [-0.1, -0.05) is 19.9 Å². The highest BCUT2D eigenvalue weighted by atomic mass is 32.1. The van der Waals surface area contributed by atoms with Gasteiger partial charge in [-0.15, -0.1) is 11.3 Å². The second kappa shape index (κ2) is 6.50. The highest BCUT2D eigenvalue weighted by molar-refractivity contribution is 7.10. The maximum absolute atomic E-state index is 12.4. The van der Waals surface area contributed by atoms with Crippen LogP contribution in [0.15, 0.2) is 17.5 Å². The molecule has 0 saturated carbocycles. The van der Waals surface area contributed by atoms with E-state index < -0.39 is 0 Å². The predicted molar refractivity (Wildman–Crippen MR) is 77.2 cm³/mol. The van der Waals surface area contributed by atoms with Gasteiger partial charge in [-0.05, 0) is 24.4 Å². The Balaban J connectivity index is 2.03. The molecular weight excluding hydrogens is 260 g/mol. The Morgan fingerprint density at radius 1 is 1.47 bits per heavy atom. The van der Waals surface area contributed by atoms with Crippen molar-refractivity contribution in [2.24, 2.45) is 11.8 Å². The molecule has 106 valence electrons. The molecule has 1 aromatic rings. The van der Waals surface area contributed by atoms with Crippen LogP contribution in [-0.4, -0.2) is 32.2 Å². The number of nitrogens with one attached hydrogen (secondary N) is 2. The Bertz CT molecular complexity index is 406. The molecule has 0 aromatic carbocycles. The Morgan fingerprint density at radius 3 is 2.84 bits per heavy atom. The summed E-state index contributed by atoms with van der Waals surface area (Å²) < 4.78 is 5.39. The third-order valence-corrected chi connectivity index (χ3v) is 4.56. The Morgan fingerprint density at radius 2 is 2.26 bits per heavy atom. The van der Waals surface area contributed by atoms with Crippen molar-refractivity contribution in [3.8, 4) is 0 Å². The largest absolute Gasteiger partial charge is 0.379 e. The number of hydrogen-bond acceptors (Lipinski definition) is 4. The first-order valence-corrected chi connectivity index (χ1v) is 7.60. The summed E-state index contributed by atoms with van der Waals surface area (Å²) in [5.41, 5.74) is 0. The van der Waals surface area contributed by atoms with Gasteiger partial charge in [-0.25, -0.2) is 0 Å². The molecule has 2 rings (SSSR count). The summed E-state index contributed by atoms with van der Waals surface area (Å²) in [6.45, 7) is 5.38. The molecule has 0 bridgehead atoms. The number of carbonyl (C=O) groups excluding carboxylic acids is 1. The fraction of sp³-hybridized carbons (Fsp3) is 0.643. The van der Waals surface area contributed by atoms with Gasteiger partial charge < -0.3 is 15.4 Å². The highest BCUT2D eigenvalue weighted by Crippen LogP contribution is 2.26. The number of thiophene rings is 1. The summed E-state index contributed by atoms with van der Waals surface area (Å²) >= 11 is 1.69. The SMILES string of the molecule is CNC1COCC1C(=O)NC(c1cccs1)C(C)C. The molecule has 0 spiro atoms. The summed E-state index contributed by atoms with van der Waals surface area (Å²) in [5, 5.41) is 8.37. The normalized spacial score (nSPS) is 24.6. The van der Waals surface area contributed by atoms with E-state index in [1.807, 2.05) is 18.5 Å². The first-order chi connectivity index (χ1) is 9.13. The van der Waals surface area contributed by atoms with Crippen LogP contribution in [0.25, 0.3) is 0 Å². The number of carbonyl (C=O) groups is 1. The molecule has 3 unspecified atom stereocenters. The fourth-order valence-electron chi connectivity index (χ4n) is 2.39. The fourth-order valence-corrected chi connectivity index (χ4v) is 3.34. The van der Waals surface area contributed by atoms with Crippen molar-refractivity contribution < 1.29 is 9.53 Å². The lowest BCUT2D eigenvalue weighted by Gasteiger charge is -2.24. The quantitative estimate of drug-likeness (QED) is 0.866. The van der Waals surface area contributed by atoms with Crippen LogP contribution < -0.4 is 10.6 Å². The van der Waals surface area contributed by atoms with Crippen LogP contribution in [0, 0.1) is 11.8 Å². The van der Waals surface area contributed by atoms with Crippen molar-refractivity contribution in [1.82, 2.24) is 10.6 Å². The van der Waals surface area contributed by atoms with Crippen molar-refractivity contribution >= 4 is 17.2 Å². The summed E-state index contributed by atoms with van der Waals surface area (Å²) in [6.07, 6.45) is 0. The molecule has 1 saturated heterocycles. The van der Waals surface area contributed by atoms with E-state index in [-0.39, 0.29) is 23.9 Å². The first kappa shape index (κ1) is 14.5. The average molecular weight is 282 g/mol. The molecular formula is C14H22N2O2S. The van der Waals surface area contributed by atoms with Crippen molar-refractivity contribution in [1.29, 1.82) is 0 Å². The van der Waals surface area contributed by atoms with Crippen molar-refractivity contribution in [3.05, 3.63) is 22.4 Å². The predicted octanol–water partition coefficient (Wildman–Crippen LogP) is 1.80. The Kier molecular flexibility index (Phi) is 4.96. The van der Waals surface area contributed by atoms with Gasteiger partial charge in [0.25, 0.3) is 0 Å². The third-order valence-electron chi connectivity index (χ3n) is 3.60. The van der Waals surface area contributed by atoms with Crippen molar-refractivity contribution in [2.75, 3.05) is 20.3 Å². The van der Waals surface area contributed by atoms with Crippen LogP contribution in [0.3, 0.4) is 0 Å². The van der Waals surface area contributed by atoms with Gasteiger partial charge in [0.2, 0.25) is 5.91 Å². The van der Waals surface area contributed by atoms with E-state index in [2.05, 4.69) is 30.5 Å². The average Bonchev–Trinajstić information content (AvgIpc) is 3.05. The zero-order valence-electron chi connectivity index (χ0n) is 11.7. The van der Waals surface area contributed by atoms with E-state index >= 15 is 0 Å². The lowest BCUT2D eigenvalue weighted by molar-refractivity contribution is -0.126. The number of ether oxygens (including phenoxy) is 1. The van der Waals surface area contributed by atoms with E-state index in [0.29, 0.717) is 19.1 Å². The van der Waals surface area contributed by atoms with Gasteiger partial charge in [0.05, 0.1) is 25.2 Å². The second-order valence-electron chi connectivity index (χ2n) is 5.28. The monoisotopic (exact) mass is 282 g/mol. The molecule has 1 aromatic heterocycles. The zero-order chi connectivity index (χ0) is 13.8. The molecule has 2 N–H and O–H groups in total. The van der Waals surface area contributed by atoms with Crippen molar-refractivity contribution in [2.45, 2.75) is 25.9 Å². The third kappa shape index (κ3) is 3.35. The lowest BCUT2D eigenvalue weighted by Crippen LogP contribution is -2.44. The van der Waals surface area contributed by atoms with E-state index in [0.717, 1.165) is 0 Å². The van der Waals surface area contributed by atoms with E-state index in [1.165, 1.54) is 4.88 Å². The maximum Gasteiger partial charge on any atom is 0.227 e. The maximum atomic E-state index is 12.4. The minimum atomic E-state index is -0.0915. The standard InChI is InChI=1S/C14H22N2O2S/c1-9(2)13(12-5-4-6-19-12)16-14(17)10-7-18-8-11(10)15-3/h4-6,9-11,13,15H,7-8H2,1-3H3,(H,16,17). The van der Waals surface area contributed by atoms with Gasteiger partial charge in [0, 0.05) is 10.9 Å². The zero-order valence-corrected chi connectivity index (χ0v) is 12.5. The number of amides is 1. The minimum Gasteiger partial charge on any atom is -0.379 e. The molecule has 1 amide bonds. The number of likely N-dealkylation sites (N-methyl/N-ethyl adjacent to an activating group) is 1. The molecule has 2 heterocycles. The van der Waals surface area contributed by atoms with Gasteiger partial charge in [-0.3, -0.25) is 4.79 Å². The molecule has 0 aliphatic carbocycles. The van der Waals surface area contributed by atoms with Gasteiger partial charge in [0.15, 0.2) is 0 Å². The van der Waals surface area contributed by atoms with Crippen LogP contribution in [-0.2, 0) is 9.53 Å². The minimum absolute atomic E-state index is 0.0870. The van der Waals surface area contributed by atoms with Crippen LogP contribution in [0.5, 0.6) is 0 Å². The highest BCUT2D eigenvalue weighted by Gasteiger charge is 2.34. The van der Waals surface area contributed by atoms with Crippen LogP contribution in [0.2, 0.25) is 0 Å². The van der Waals surface area contributed by atoms with E-state index in [1.54, 1.807) is 11.3 Å². The Labute approximate surface area is 118 Å². The van der Waals surface area contributed by atoms with E-state index in [4.69, 9.17) is 4.74 Å². The molecule has 5 heteroatoms. The molecule has 3 atom stereocenters. The smallest absolute Gasteiger partial charge is 0.227 e. The van der Waals surface area contributed by atoms with Gasteiger partial charge in [0.1, 0.15) is 0 Å². The summed E-state index contributed by atoms with van der Waals surface area (Å²) in [4.78, 5) is 13.6. The topological polar surface area (TPSA) is 50.4 Å². The van der Waals surface area contributed by atoms with Crippen LogP contribution in [0.4, 0.5) is 0 Å². The number of hydrogen-bond donors (Lipinski definition) is 2. The molecule has 1 aliphatic heterocycles. The summed E-state index contributed by atoms with van der Waals surface area (Å²) in [5.74, 6) is 0.369. The van der Waals surface area contributed by atoms with E-state index in [9.17, 15) is 4.79 Å². The lowest BCUT2D eigenvalue weighted by atomic mass is 9.99. The Hall–Kier alpha value is -0.910. The molecule has 19 heavy (non-hydrogen) atoms. The van der Waals surface area contributed by atoms with Crippen molar-refractivity contribution in [3.63, 3.8) is 0 Å². The summed E-state index contributed by atoms with van der Waals surface area (Å²) in [6, 6.07) is 4.31. The second-order valence-corrected chi connectivity index (χ2v) is 6.26. The first-order valence-electron chi connectivity index (χ1n) is 6.72. The number of rotatable bonds is 5. The summed E-state index contributed by atoms with van der Waals surface area (Å²) in [7, 11) is 1.87. The molecule has 4 nitrogen and oxygen atoms in total. The molecule has 1 aliphatic rings. The van der Waals surface area contributed by atoms with Gasteiger partial charge in [-0.2, -0.15) is 0 Å². The molecule has 1 fully saturated rings. The van der Waals surface area contributed by atoms with Crippen LogP contribution in [0.1, 0.15) is 24.8 Å². The molecule has 0 radical (unpaired) electrons. The van der Waals surface area contributed by atoms with Crippen LogP contribution >= 0.6 is 11.3 Å².